The average Bonchev–Trinajstić information content (AvgIpc) is 3.27. The van der Waals surface area contributed by atoms with Gasteiger partial charge in [0.15, 0.2) is 11.2 Å². The van der Waals surface area contributed by atoms with Crippen molar-refractivity contribution < 1.29 is 24.4 Å². The fourth-order valence-electron chi connectivity index (χ4n) is 7.32. The minimum Gasteiger partial charge on any atom is -0.495 e. The number of rotatable bonds is 5. The van der Waals surface area contributed by atoms with Crippen molar-refractivity contribution >= 4 is 15.9 Å². The maximum Gasteiger partial charge on any atom is 0.177 e. The number of halogens is 1. The van der Waals surface area contributed by atoms with Crippen LogP contribution in [0.4, 0.5) is 0 Å². The van der Waals surface area contributed by atoms with E-state index >= 15 is 0 Å². The summed E-state index contributed by atoms with van der Waals surface area (Å²) >= 11 is 3.55. The smallest absolute Gasteiger partial charge is 0.177 e. The predicted octanol–water partition coefficient (Wildman–Crippen LogP) is 3.58. The summed E-state index contributed by atoms with van der Waals surface area (Å²) in [6.45, 7) is 2.27. The maximum atomic E-state index is 12.9. The molecule has 4 aliphatic heterocycles. The topological polar surface area (TPSA) is 84.3 Å². The molecule has 0 radical (unpaired) electrons. The maximum absolute atomic E-state index is 12.9. The zero-order chi connectivity index (χ0) is 25.4. The summed E-state index contributed by atoms with van der Waals surface area (Å²) in [5.41, 5.74) is -0.827. The standard InChI is InChI=1S/C29H29BrN2O5/c1-35-23-12-31-13-24-26(23)28(34)27(33)22(16-32-14-20-11-21(15-32)36-20)25(17-5-3-2-4-6-17)29(28,37-24)18-7-9-19(30)10-8-18/h2-10,12-13,20-22,25,27,33-34H,11,14-16H2,1H3. The molecule has 1 aliphatic carbocycles. The van der Waals surface area contributed by atoms with Gasteiger partial charge in [-0.2, -0.15) is 0 Å². The summed E-state index contributed by atoms with van der Waals surface area (Å²) < 4.78 is 19.3. The highest BCUT2D eigenvalue weighted by molar-refractivity contribution is 9.10. The van der Waals surface area contributed by atoms with Crippen LogP contribution in [0.25, 0.3) is 0 Å². The first-order valence-electron chi connectivity index (χ1n) is 12.8. The van der Waals surface area contributed by atoms with Crippen molar-refractivity contribution in [2.45, 2.75) is 41.9 Å². The van der Waals surface area contributed by atoms with Crippen LogP contribution in [0.5, 0.6) is 11.5 Å². The molecule has 7 nitrogen and oxygen atoms in total. The summed E-state index contributed by atoms with van der Waals surface area (Å²) in [6.07, 6.45) is 3.65. The Morgan fingerprint density at radius 3 is 2.46 bits per heavy atom. The van der Waals surface area contributed by atoms with Crippen LogP contribution in [-0.4, -0.2) is 65.2 Å². The van der Waals surface area contributed by atoms with Crippen LogP contribution in [0.2, 0.25) is 0 Å². The van der Waals surface area contributed by atoms with Crippen molar-refractivity contribution in [2.75, 3.05) is 26.7 Å². The molecule has 3 saturated heterocycles. The summed E-state index contributed by atoms with van der Waals surface area (Å²) in [6, 6.07) is 17.9. The normalized spacial score (nSPS) is 35.8. The predicted molar refractivity (Wildman–Crippen MR) is 140 cm³/mol. The van der Waals surface area contributed by atoms with Gasteiger partial charge < -0.3 is 24.4 Å². The van der Waals surface area contributed by atoms with Crippen molar-refractivity contribution in [3.05, 3.63) is 88.2 Å². The van der Waals surface area contributed by atoms with E-state index in [2.05, 4.69) is 37.9 Å². The lowest BCUT2D eigenvalue weighted by molar-refractivity contribution is -0.185. The fourth-order valence-corrected chi connectivity index (χ4v) is 7.58. The zero-order valence-corrected chi connectivity index (χ0v) is 22.0. The van der Waals surface area contributed by atoms with Gasteiger partial charge in [0.25, 0.3) is 0 Å². The van der Waals surface area contributed by atoms with Crippen LogP contribution >= 0.6 is 15.9 Å². The number of nitrogens with zero attached hydrogens (tertiary/aromatic N) is 2. The molecule has 0 spiro atoms. The number of hydrogen-bond acceptors (Lipinski definition) is 7. The van der Waals surface area contributed by atoms with E-state index in [1.165, 1.54) is 0 Å². The van der Waals surface area contributed by atoms with E-state index in [-0.39, 0.29) is 24.0 Å². The lowest BCUT2D eigenvalue weighted by Gasteiger charge is -2.48. The van der Waals surface area contributed by atoms with E-state index in [4.69, 9.17) is 14.2 Å². The number of methoxy groups -OCH3 is 1. The number of benzene rings is 2. The second-order valence-corrected chi connectivity index (χ2v) is 11.6. The van der Waals surface area contributed by atoms with Crippen molar-refractivity contribution in [3.8, 4) is 11.5 Å². The van der Waals surface area contributed by atoms with Crippen LogP contribution in [-0.2, 0) is 15.9 Å². The minimum absolute atomic E-state index is 0.249. The van der Waals surface area contributed by atoms with Gasteiger partial charge in [0, 0.05) is 42.4 Å². The molecule has 2 bridgehead atoms. The Labute approximate surface area is 224 Å². The summed E-state index contributed by atoms with van der Waals surface area (Å²) in [4.78, 5) is 6.67. The summed E-state index contributed by atoms with van der Waals surface area (Å²) in [5, 5.41) is 25.1. The Morgan fingerprint density at radius 2 is 1.78 bits per heavy atom. The molecule has 0 amide bonds. The molecule has 5 heterocycles. The molecule has 7 atom stereocenters. The third kappa shape index (κ3) is 3.23. The molecule has 7 unspecified atom stereocenters. The molecule has 8 heteroatoms. The number of piperidine rings is 1. The lowest BCUT2D eigenvalue weighted by atomic mass is 9.70. The molecule has 5 aliphatic rings. The quantitative estimate of drug-likeness (QED) is 0.490. The summed E-state index contributed by atoms with van der Waals surface area (Å²) in [5.74, 6) is 0.152. The molecule has 8 rings (SSSR count). The van der Waals surface area contributed by atoms with Crippen molar-refractivity contribution in [3.63, 3.8) is 0 Å². The Kier molecular flexibility index (Phi) is 5.43. The van der Waals surface area contributed by atoms with Crippen molar-refractivity contribution in [1.29, 1.82) is 0 Å². The first kappa shape index (κ1) is 23.6. The molecular formula is C29H29BrN2O5. The zero-order valence-electron chi connectivity index (χ0n) is 20.5. The van der Waals surface area contributed by atoms with E-state index in [1.807, 2.05) is 42.5 Å². The monoisotopic (exact) mass is 564 g/mol. The van der Waals surface area contributed by atoms with Crippen LogP contribution in [0.15, 0.2) is 71.5 Å². The number of aliphatic hydroxyl groups excluding tert-OH is 1. The third-order valence-corrected chi connectivity index (χ3v) is 9.28. The van der Waals surface area contributed by atoms with Crippen molar-refractivity contribution in [1.82, 2.24) is 9.88 Å². The molecule has 192 valence electrons. The van der Waals surface area contributed by atoms with E-state index in [9.17, 15) is 10.2 Å². The molecule has 4 fully saturated rings. The Bertz CT molecular complexity index is 1310. The van der Waals surface area contributed by atoms with Gasteiger partial charge in [-0.05, 0) is 23.3 Å². The average molecular weight is 565 g/mol. The Hall–Kier alpha value is -2.49. The highest BCUT2D eigenvalue weighted by Crippen LogP contribution is 2.69. The second kappa shape index (κ2) is 8.51. The van der Waals surface area contributed by atoms with E-state index in [0.717, 1.165) is 35.1 Å². The van der Waals surface area contributed by atoms with Gasteiger partial charge in [-0.25, -0.2) is 0 Å². The number of aliphatic hydroxyl groups is 2. The molecule has 2 aromatic carbocycles. The number of pyridine rings is 1. The number of hydrogen-bond donors (Lipinski definition) is 2. The Morgan fingerprint density at radius 1 is 1.08 bits per heavy atom. The minimum atomic E-state index is -1.77. The van der Waals surface area contributed by atoms with E-state index in [1.54, 1.807) is 19.5 Å². The van der Waals surface area contributed by atoms with Gasteiger partial charge >= 0.3 is 0 Å². The SMILES string of the molecule is COc1cncc2c1C1(O)C(O)C(CN3CC4CC(C3)O4)C(c3ccccc3)C1(c1ccc(Br)cc1)O2. The number of fused-ring (bicyclic) bond motifs is 5. The first-order chi connectivity index (χ1) is 18.0. The van der Waals surface area contributed by atoms with Crippen LogP contribution in [0.3, 0.4) is 0 Å². The summed E-state index contributed by atoms with van der Waals surface area (Å²) in [7, 11) is 1.55. The number of morpholine rings is 1. The molecule has 3 aromatic rings. The highest BCUT2D eigenvalue weighted by Gasteiger charge is 2.76. The molecule has 1 saturated carbocycles. The lowest BCUT2D eigenvalue weighted by Crippen LogP contribution is -2.58. The van der Waals surface area contributed by atoms with Crippen molar-refractivity contribution in [2.24, 2.45) is 5.92 Å². The van der Waals surface area contributed by atoms with Gasteiger partial charge in [0.1, 0.15) is 11.5 Å². The van der Waals surface area contributed by atoms with E-state index < -0.39 is 17.3 Å². The molecule has 37 heavy (non-hydrogen) atoms. The Balaban J connectivity index is 1.45. The second-order valence-electron chi connectivity index (χ2n) is 10.7. The number of aromatic nitrogens is 1. The number of ether oxygens (including phenoxy) is 3. The van der Waals surface area contributed by atoms with Gasteiger partial charge in [-0.15, -0.1) is 0 Å². The van der Waals surface area contributed by atoms with Crippen LogP contribution < -0.4 is 9.47 Å². The van der Waals surface area contributed by atoms with Gasteiger partial charge in [-0.1, -0.05) is 58.4 Å². The molecule has 2 N–H and O–H groups in total. The largest absolute Gasteiger partial charge is 0.495 e. The molecule has 1 aromatic heterocycles. The van der Waals surface area contributed by atoms with Crippen LogP contribution in [0.1, 0.15) is 29.0 Å². The van der Waals surface area contributed by atoms with Gasteiger partial charge in [0.05, 0.1) is 43.4 Å². The van der Waals surface area contributed by atoms with E-state index in [0.29, 0.717) is 23.6 Å². The van der Waals surface area contributed by atoms with Crippen LogP contribution in [0, 0.1) is 5.92 Å². The third-order valence-electron chi connectivity index (χ3n) is 8.75. The molecular weight excluding hydrogens is 536 g/mol. The van der Waals surface area contributed by atoms with Gasteiger partial charge in [-0.3, -0.25) is 9.88 Å². The first-order valence-corrected chi connectivity index (χ1v) is 13.6. The van der Waals surface area contributed by atoms with Gasteiger partial charge in [0.2, 0.25) is 0 Å². The fraction of sp³-hybridized carbons (Fsp3) is 0.414. The highest BCUT2D eigenvalue weighted by atomic mass is 79.9.